The second-order valence-corrected chi connectivity index (χ2v) is 8.76. The predicted molar refractivity (Wildman–Crippen MR) is 102 cm³/mol. The van der Waals surface area contributed by atoms with E-state index in [0.717, 1.165) is 18.4 Å². The van der Waals surface area contributed by atoms with Crippen molar-refractivity contribution < 1.29 is 17.9 Å². The monoisotopic (exact) mass is 415 g/mol. The fraction of sp³-hybridized carbons (Fsp3) is 0.333. The van der Waals surface area contributed by atoms with Crippen LogP contribution in [0.5, 0.6) is 11.5 Å². The molecule has 0 saturated carbocycles. The van der Waals surface area contributed by atoms with Gasteiger partial charge in [0, 0.05) is 16.6 Å². The van der Waals surface area contributed by atoms with Crippen LogP contribution >= 0.6 is 23.2 Å². The molecule has 0 aromatic heterocycles. The third kappa shape index (κ3) is 3.64. The van der Waals surface area contributed by atoms with Crippen LogP contribution in [-0.2, 0) is 10.0 Å². The van der Waals surface area contributed by atoms with Crippen LogP contribution in [0.15, 0.2) is 41.3 Å². The van der Waals surface area contributed by atoms with Gasteiger partial charge in [-0.05, 0) is 48.7 Å². The smallest absolute Gasteiger partial charge is 0.243 e. The molecule has 1 fully saturated rings. The van der Waals surface area contributed by atoms with Crippen LogP contribution in [0.25, 0.3) is 0 Å². The molecule has 1 aliphatic heterocycles. The molecule has 2 aromatic carbocycles. The maximum Gasteiger partial charge on any atom is 0.243 e. The third-order valence-corrected chi connectivity index (χ3v) is 6.76. The number of halogens is 2. The summed E-state index contributed by atoms with van der Waals surface area (Å²) in [5, 5.41) is 0.580. The zero-order valence-electron chi connectivity index (χ0n) is 14.4. The van der Waals surface area contributed by atoms with Gasteiger partial charge in [-0.3, -0.25) is 0 Å². The molecule has 5 nitrogen and oxygen atoms in total. The Balaban J connectivity index is 2.00. The van der Waals surface area contributed by atoms with Crippen molar-refractivity contribution in [1.29, 1.82) is 0 Å². The Morgan fingerprint density at radius 1 is 1.00 bits per heavy atom. The standard InChI is InChI=1S/C18H19Cl2NO4S/c1-24-17-6-5-12(8-18(17)25-2)16-4-3-7-21(16)26(22,23)15-10-13(19)9-14(20)11-15/h5-6,8-11,16H,3-4,7H2,1-2H3. The zero-order chi connectivity index (χ0) is 18.9. The molecular formula is C18H19Cl2NO4S. The molecule has 1 aliphatic rings. The van der Waals surface area contributed by atoms with E-state index in [4.69, 9.17) is 32.7 Å². The summed E-state index contributed by atoms with van der Waals surface area (Å²) < 4.78 is 38.4. The highest BCUT2D eigenvalue weighted by molar-refractivity contribution is 7.89. The van der Waals surface area contributed by atoms with E-state index in [1.165, 1.54) is 22.5 Å². The molecule has 1 heterocycles. The Kier molecular flexibility index (Phi) is 5.67. The van der Waals surface area contributed by atoms with Crippen molar-refractivity contribution in [3.8, 4) is 11.5 Å². The summed E-state index contributed by atoms with van der Waals surface area (Å²) in [6.07, 6.45) is 1.50. The summed E-state index contributed by atoms with van der Waals surface area (Å²) in [7, 11) is -0.607. The number of rotatable bonds is 5. The molecule has 0 bridgehead atoms. The molecule has 0 amide bonds. The molecule has 26 heavy (non-hydrogen) atoms. The van der Waals surface area contributed by atoms with Gasteiger partial charge >= 0.3 is 0 Å². The van der Waals surface area contributed by atoms with Crippen LogP contribution in [0.4, 0.5) is 0 Å². The number of hydrogen-bond acceptors (Lipinski definition) is 4. The topological polar surface area (TPSA) is 55.8 Å². The van der Waals surface area contributed by atoms with Gasteiger partial charge in [-0.25, -0.2) is 8.42 Å². The van der Waals surface area contributed by atoms with Crippen LogP contribution < -0.4 is 9.47 Å². The largest absolute Gasteiger partial charge is 0.493 e. The fourth-order valence-electron chi connectivity index (χ4n) is 3.23. The van der Waals surface area contributed by atoms with E-state index in [-0.39, 0.29) is 21.0 Å². The van der Waals surface area contributed by atoms with E-state index in [1.54, 1.807) is 20.3 Å². The first-order valence-corrected chi connectivity index (χ1v) is 10.3. The quantitative estimate of drug-likeness (QED) is 0.719. The molecular weight excluding hydrogens is 397 g/mol. The average molecular weight is 416 g/mol. The number of ether oxygens (including phenoxy) is 2. The van der Waals surface area contributed by atoms with Gasteiger partial charge < -0.3 is 9.47 Å². The van der Waals surface area contributed by atoms with Crippen LogP contribution in [0.2, 0.25) is 10.0 Å². The Bertz CT molecular complexity index is 897. The highest BCUT2D eigenvalue weighted by Crippen LogP contribution is 2.40. The van der Waals surface area contributed by atoms with Crippen LogP contribution in [0, 0.1) is 0 Å². The summed E-state index contributed by atoms with van der Waals surface area (Å²) in [5.41, 5.74) is 0.858. The summed E-state index contributed by atoms with van der Waals surface area (Å²) in [4.78, 5) is 0.0994. The SMILES string of the molecule is COc1ccc(C2CCCN2S(=O)(=O)c2cc(Cl)cc(Cl)c2)cc1OC. The summed E-state index contributed by atoms with van der Waals surface area (Å²) in [6.45, 7) is 0.436. The van der Waals surface area contributed by atoms with Gasteiger partial charge in [0.15, 0.2) is 11.5 Å². The van der Waals surface area contributed by atoms with E-state index >= 15 is 0 Å². The van der Waals surface area contributed by atoms with Crippen molar-refractivity contribution in [2.45, 2.75) is 23.8 Å². The van der Waals surface area contributed by atoms with E-state index in [2.05, 4.69) is 0 Å². The van der Waals surface area contributed by atoms with Crippen LogP contribution in [0.1, 0.15) is 24.4 Å². The summed E-state index contributed by atoms with van der Waals surface area (Å²) in [5.74, 6) is 1.17. The van der Waals surface area contributed by atoms with Gasteiger partial charge in [-0.15, -0.1) is 0 Å². The maximum atomic E-state index is 13.2. The molecule has 0 N–H and O–H groups in total. The lowest BCUT2D eigenvalue weighted by Crippen LogP contribution is -2.30. The van der Waals surface area contributed by atoms with Gasteiger partial charge in [0.25, 0.3) is 0 Å². The van der Waals surface area contributed by atoms with E-state index in [0.29, 0.717) is 18.0 Å². The Morgan fingerprint density at radius 3 is 2.27 bits per heavy atom. The first kappa shape index (κ1) is 19.3. The van der Waals surface area contributed by atoms with E-state index < -0.39 is 10.0 Å². The molecule has 8 heteroatoms. The molecule has 0 spiro atoms. The first-order chi connectivity index (χ1) is 12.4. The van der Waals surface area contributed by atoms with Gasteiger partial charge in [0.1, 0.15) is 0 Å². The van der Waals surface area contributed by atoms with E-state index in [9.17, 15) is 8.42 Å². The second-order valence-electron chi connectivity index (χ2n) is 5.99. The van der Waals surface area contributed by atoms with Crippen molar-refractivity contribution in [1.82, 2.24) is 4.31 Å². The lowest BCUT2D eigenvalue weighted by Gasteiger charge is -2.25. The zero-order valence-corrected chi connectivity index (χ0v) is 16.7. The minimum Gasteiger partial charge on any atom is -0.493 e. The number of hydrogen-bond donors (Lipinski definition) is 0. The van der Waals surface area contributed by atoms with Crippen molar-refractivity contribution in [3.63, 3.8) is 0 Å². The third-order valence-electron chi connectivity index (χ3n) is 4.44. The highest BCUT2D eigenvalue weighted by atomic mass is 35.5. The van der Waals surface area contributed by atoms with E-state index in [1.807, 2.05) is 12.1 Å². The highest BCUT2D eigenvalue weighted by Gasteiger charge is 2.36. The average Bonchev–Trinajstić information content (AvgIpc) is 3.10. The molecule has 1 saturated heterocycles. The minimum absolute atomic E-state index is 0.0994. The number of benzene rings is 2. The molecule has 140 valence electrons. The van der Waals surface area contributed by atoms with Crippen molar-refractivity contribution in [2.75, 3.05) is 20.8 Å². The van der Waals surface area contributed by atoms with Gasteiger partial charge in [0.05, 0.1) is 25.2 Å². The first-order valence-electron chi connectivity index (χ1n) is 8.06. The molecule has 1 unspecified atom stereocenters. The number of methoxy groups -OCH3 is 2. The molecule has 0 radical (unpaired) electrons. The van der Waals surface area contributed by atoms with Crippen molar-refractivity contribution >= 4 is 33.2 Å². The normalized spacial score (nSPS) is 18.1. The second kappa shape index (κ2) is 7.64. The lowest BCUT2D eigenvalue weighted by molar-refractivity contribution is 0.351. The van der Waals surface area contributed by atoms with Gasteiger partial charge in [0.2, 0.25) is 10.0 Å². The molecule has 2 aromatic rings. The van der Waals surface area contributed by atoms with Crippen LogP contribution in [0.3, 0.4) is 0 Å². The predicted octanol–water partition coefficient (Wildman–Crippen LogP) is 4.54. The minimum atomic E-state index is -3.72. The Labute approximate surface area is 163 Å². The molecule has 1 atom stereocenters. The van der Waals surface area contributed by atoms with Gasteiger partial charge in [-0.2, -0.15) is 4.31 Å². The van der Waals surface area contributed by atoms with Crippen molar-refractivity contribution in [2.24, 2.45) is 0 Å². The number of sulfonamides is 1. The van der Waals surface area contributed by atoms with Crippen molar-refractivity contribution in [3.05, 3.63) is 52.0 Å². The maximum absolute atomic E-state index is 13.2. The lowest BCUT2D eigenvalue weighted by atomic mass is 10.0. The van der Waals surface area contributed by atoms with Gasteiger partial charge in [-0.1, -0.05) is 29.3 Å². The summed E-state index contributed by atoms with van der Waals surface area (Å²) in [6, 6.07) is 9.55. The number of nitrogens with zero attached hydrogens (tertiary/aromatic N) is 1. The Hall–Kier alpha value is -1.47. The van der Waals surface area contributed by atoms with Crippen LogP contribution in [-0.4, -0.2) is 33.5 Å². The molecule has 3 rings (SSSR count). The summed E-state index contributed by atoms with van der Waals surface area (Å²) >= 11 is 12.0. The molecule has 0 aliphatic carbocycles. The fourth-order valence-corrected chi connectivity index (χ4v) is 5.64. The Morgan fingerprint density at radius 2 is 1.65 bits per heavy atom.